The molecular formula is C24H33FN2O. The van der Waals surface area contributed by atoms with E-state index >= 15 is 0 Å². The van der Waals surface area contributed by atoms with Gasteiger partial charge in [0, 0.05) is 30.5 Å². The maximum atomic E-state index is 13.5. The van der Waals surface area contributed by atoms with Crippen molar-refractivity contribution in [2.75, 3.05) is 13.2 Å². The number of hydrogen-bond acceptors (Lipinski definition) is 3. The second-order valence-corrected chi connectivity index (χ2v) is 8.19. The molecule has 2 heterocycles. The van der Waals surface area contributed by atoms with Crippen LogP contribution in [0.5, 0.6) is 0 Å². The predicted molar refractivity (Wildman–Crippen MR) is 112 cm³/mol. The summed E-state index contributed by atoms with van der Waals surface area (Å²) in [7, 11) is 0. The fourth-order valence-corrected chi connectivity index (χ4v) is 4.49. The minimum Gasteiger partial charge on any atom is -0.375 e. The largest absolute Gasteiger partial charge is 0.375 e. The van der Waals surface area contributed by atoms with Crippen LogP contribution in [0.4, 0.5) is 4.39 Å². The molecule has 0 aliphatic carbocycles. The number of aryl methyl sites for hydroxylation is 1. The summed E-state index contributed by atoms with van der Waals surface area (Å²) in [6, 6.07) is 11.3. The highest BCUT2D eigenvalue weighted by Crippen LogP contribution is 2.46. The van der Waals surface area contributed by atoms with Crippen LogP contribution < -0.4 is 5.32 Å². The zero-order valence-corrected chi connectivity index (χ0v) is 17.4. The first kappa shape index (κ1) is 20.9. The molecule has 3 nitrogen and oxygen atoms in total. The van der Waals surface area contributed by atoms with Gasteiger partial charge in [-0.2, -0.15) is 0 Å². The Bertz CT molecular complexity index is 740. The van der Waals surface area contributed by atoms with E-state index in [4.69, 9.17) is 4.74 Å². The van der Waals surface area contributed by atoms with Crippen molar-refractivity contribution in [1.82, 2.24) is 10.3 Å². The molecule has 1 unspecified atom stereocenters. The van der Waals surface area contributed by atoms with Gasteiger partial charge in [-0.3, -0.25) is 4.98 Å². The molecule has 0 saturated carbocycles. The topological polar surface area (TPSA) is 34.2 Å². The van der Waals surface area contributed by atoms with Crippen LogP contribution in [0.25, 0.3) is 0 Å². The lowest BCUT2D eigenvalue weighted by Crippen LogP contribution is -2.48. The number of nitrogens with zero attached hydrogens (tertiary/aromatic N) is 1. The number of pyridine rings is 1. The van der Waals surface area contributed by atoms with Crippen molar-refractivity contribution in [1.29, 1.82) is 0 Å². The van der Waals surface area contributed by atoms with Gasteiger partial charge in [0.25, 0.3) is 0 Å². The lowest BCUT2D eigenvalue weighted by atomic mass is 9.65. The minimum absolute atomic E-state index is 0.0243. The van der Waals surface area contributed by atoms with Crippen molar-refractivity contribution >= 4 is 0 Å². The van der Waals surface area contributed by atoms with Gasteiger partial charge in [-0.05, 0) is 74.9 Å². The number of rotatable bonds is 8. The molecule has 0 bridgehead atoms. The fraction of sp³-hybridized carbons (Fsp3) is 0.542. The minimum atomic E-state index is -0.173. The first-order valence-electron chi connectivity index (χ1n) is 10.5. The molecule has 0 radical (unpaired) electrons. The van der Waals surface area contributed by atoms with Crippen molar-refractivity contribution in [2.45, 2.75) is 70.4 Å². The maximum absolute atomic E-state index is 13.5. The van der Waals surface area contributed by atoms with Crippen molar-refractivity contribution in [3.63, 3.8) is 0 Å². The molecular weight excluding hydrogens is 351 g/mol. The van der Waals surface area contributed by atoms with Crippen molar-refractivity contribution in [3.8, 4) is 0 Å². The average molecular weight is 385 g/mol. The maximum Gasteiger partial charge on any atom is 0.123 e. The molecule has 2 aromatic rings. The lowest BCUT2D eigenvalue weighted by molar-refractivity contribution is -0.112. The third kappa shape index (κ3) is 4.79. The summed E-state index contributed by atoms with van der Waals surface area (Å²) in [5.74, 6) is -0.173. The van der Waals surface area contributed by atoms with Crippen LogP contribution in [0.2, 0.25) is 0 Å². The van der Waals surface area contributed by atoms with E-state index in [9.17, 15) is 4.39 Å². The highest BCUT2D eigenvalue weighted by Gasteiger charge is 2.44. The summed E-state index contributed by atoms with van der Waals surface area (Å²) in [5, 5.41) is 3.58. The van der Waals surface area contributed by atoms with Crippen LogP contribution in [0, 0.1) is 12.7 Å². The highest BCUT2D eigenvalue weighted by molar-refractivity contribution is 5.28. The molecule has 1 saturated heterocycles. The Hall–Kier alpha value is -1.78. The quantitative estimate of drug-likeness (QED) is 0.626. The molecule has 1 atom stereocenters. The number of halogens is 1. The van der Waals surface area contributed by atoms with Gasteiger partial charge in [0.2, 0.25) is 0 Å². The van der Waals surface area contributed by atoms with Gasteiger partial charge >= 0.3 is 0 Å². The number of hydrogen-bond donors (Lipinski definition) is 1. The Balaban J connectivity index is 1.73. The molecule has 28 heavy (non-hydrogen) atoms. The van der Waals surface area contributed by atoms with Gasteiger partial charge in [0.05, 0.1) is 5.60 Å². The second-order valence-electron chi connectivity index (χ2n) is 8.19. The van der Waals surface area contributed by atoms with Crippen molar-refractivity contribution in [2.24, 2.45) is 0 Å². The van der Waals surface area contributed by atoms with E-state index in [1.165, 1.54) is 11.1 Å². The fourth-order valence-electron chi connectivity index (χ4n) is 4.49. The van der Waals surface area contributed by atoms with E-state index in [1.807, 2.05) is 31.3 Å². The van der Waals surface area contributed by atoms with Crippen LogP contribution >= 0.6 is 0 Å². The van der Waals surface area contributed by atoms with E-state index < -0.39 is 0 Å². The summed E-state index contributed by atoms with van der Waals surface area (Å²) in [6.07, 6.45) is 6.94. The van der Waals surface area contributed by atoms with Gasteiger partial charge in [-0.15, -0.1) is 0 Å². The summed E-state index contributed by atoms with van der Waals surface area (Å²) in [5.41, 5.74) is 3.42. The Morgan fingerprint density at radius 3 is 2.50 bits per heavy atom. The SMILES string of the molecule is CCC1(CC)CC(CCNCc2ccc(C)nc2)(c2ccc(F)cc2)CCO1. The normalized spacial score (nSPS) is 21.6. The molecule has 1 fully saturated rings. The highest BCUT2D eigenvalue weighted by atomic mass is 19.1. The monoisotopic (exact) mass is 384 g/mol. The van der Waals surface area contributed by atoms with Crippen LogP contribution in [-0.4, -0.2) is 23.7 Å². The Morgan fingerprint density at radius 2 is 1.86 bits per heavy atom. The van der Waals surface area contributed by atoms with Gasteiger partial charge in [0.1, 0.15) is 5.82 Å². The van der Waals surface area contributed by atoms with E-state index in [2.05, 4.69) is 30.2 Å². The molecule has 3 rings (SSSR count). The first-order chi connectivity index (χ1) is 13.5. The van der Waals surface area contributed by atoms with Crippen molar-refractivity contribution in [3.05, 3.63) is 65.2 Å². The Labute approximate surface area is 168 Å². The van der Waals surface area contributed by atoms with Crippen LogP contribution in [-0.2, 0) is 16.7 Å². The third-order valence-electron chi connectivity index (χ3n) is 6.48. The average Bonchev–Trinajstić information content (AvgIpc) is 2.73. The molecule has 4 heteroatoms. The van der Waals surface area contributed by atoms with E-state index in [-0.39, 0.29) is 16.8 Å². The van der Waals surface area contributed by atoms with Crippen LogP contribution in [0.3, 0.4) is 0 Å². The number of nitrogens with one attached hydrogen (secondary N) is 1. The van der Waals surface area contributed by atoms with Crippen LogP contribution in [0.15, 0.2) is 42.6 Å². The molecule has 152 valence electrons. The molecule has 0 amide bonds. The summed E-state index contributed by atoms with van der Waals surface area (Å²) in [6.45, 7) is 8.92. The number of ether oxygens (including phenoxy) is 1. The van der Waals surface area contributed by atoms with Crippen LogP contribution in [0.1, 0.15) is 62.8 Å². The summed E-state index contributed by atoms with van der Waals surface area (Å²) >= 11 is 0. The van der Waals surface area contributed by atoms with E-state index in [0.29, 0.717) is 0 Å². The van der Waals surface area contributed by atoms with E-state index in [0.717, 1.165) is 57.5 Å². The summed E-state index contributed by atoms with van der Waals surface area (Å²) < 4.78 is 19.8. The van der Waals surface area contributed by atoms with Gasteiger partial charge in [-0.25, -0.2) is 4.39 Å². The Morgan fingerprint density at radius 1 is 1.11 bits per heavy atom. The molecule has 1 aliphatic rings. The third-order valence-corrected chi connectivity index (χ3v) is 6.48. The molecule has 1 N–H and O–H groups in total. The zero-order chi connectivity index (χ0) is 20.0. The number of aromatic nitrogens is 1. The van der Waals surface area contributed by atoms with Gasteiger partial charge in [0.15, 0.2) is 0 Å². The lowest BCUT2D eigenvalue weighted by Gasteiger charge is -2.48. The van der Waals surface area contributed by atoms with E-state index in [1.54, 1.807) is 12.1 Å². The number of benzene rings is 1. The standard InChI is InChI=1S/C24H33FN2O/c1-4-24(5-2)18-23(13-15-28-24,21-8-10-22(25)11-9-21)12-14-26-16-20-7-6-19(3)27-17-20/h6-11,17,26H,4-5,12-16,18H2,1-3H3. The zero-order valence-electron chi connectivity index (χ0n) is 17.4. The van der Waals surface area contributed by atoms with Gasteiger partial charge in [-0.1, -0.05) is 32.0 Å². The van der Waals surface area contributed by atoms with Gasteiger partial charge < -0.3 is 10.1 Å². The second kappa shape index (κ2) is 9.15. The summed E-state index contributed by atoms with van der Waals surface area (Å²) in [4.78, 5) is 4.37. The smallest absolute Gasteiger partial charge is 0.123 e. The first-order valence-corrected chi connectivity index (χ1v) is 10.5. The Kier molecular flexibility index (Phi) is 6.84. The molecule has 0 spiro atoms. The molecule has 1 aromatic heterocycles. The molecule has 1 aliphatic heterocycles. The predicted octanol–water partition coefficient (Wildman–Crippen LogP) is 5.32. The molecule has 1 aromatic carbocycles. The van der Waals surface area contributed by atoms with Crippen molar-refractivity contribution < 1.29 is 9.13 Å².